The Balaban J connectivity index is 2.27. The van der Waals surface area contributed by atoms with Gasteiger partial charge in [-0.15, -0.1) is 0 Å². The third-order valence-electron chi connectivity index (χ3n) is 4.72. The van der Waals surface area contributed by atoms with E-state index in [0.717, 1.165) is 6.61 Å². The smallest absolute Gasteiger partial charge is 0.0618 e. The fourth-order valence-corrected chi connectivity index (χ4v) is 3.21. The maximum atomic E-state index is 5.40. The minimum Gasteiger partial charge on any atom is -0.383 e. The summed E-state index contributed by atoms with van der Waals surface area (Å²) < 4.78 is 5.40. The lowest BCUT2D eigenvalue weighted by atomic mass is 9.70. The Morgan fingerprint density at radius 2 is 2.00 bits per heavy atom. The number of rotatable bonds is 5. The zero-order chi connectivity index (χ0) is 14.8. The third kappa shape index (κ3) is 3.24. The summed E-state index contributed by atoms with van der Waals surface area (Å²) in [6, 6.07) is 9.70. The lowest BCUT2D eigenvalue weighted by Crippen LogP contribution is -2.46. The third-order valence-corrected chi connectivity index (χ3v) is 4.72. The van der Waals surface area contributed by atoms with Crippen LogP contribution in [0.2, 0.25) is 0 Å². The highest BCUT2D eigenvalue weighted by Gasteiger charge is 2.37. The molecule has 0 aliphatic heterocycles. The summed E-state index contributed by atoms with van der Waals surface area (Å²) in [5.74, 6) is 0.569. The van der Waals surface area contributed by atoms with E-state index in [1.807, 2.05) is 0 Å². The van der Waals surface area contributed by atoms with Crippen LogP contribution in [0.15, 0.2) is 24.3 Å². The fraction of sp³-hybridized carbons (Fsp3) is 0.667. The molecule has 0 saturated heterocycles. The summed E-state index contributed by atoms with van der Waals surface area (Å²) in [5.41, 5.74) is 3.27. The largest absolute Gasteiger partial charge is 0.383 e. The summed E-state index contributed by atoms with van der Waals surface area (Å²) in [5, 5.41) is 3.88. The molecule has 1 aromatic rings. The Hall–Kier alpha value is -0.860. The van der Waals surface area contributed by atoms with Gasteiger partial charge in [0.2, 0.25) is 0 Å². The first kappa shape index (κ1) is 15.5. The molecule has 0 heterocycles. The molecular weight excluding hydrogens is 246 g/mol. The molecule has 0 amide bonds. The lowest BCUT2D eigenvalue weighted by Gasteiger charge is -2.43. The van der Waals surface area contributed by atoms with Crippen LogP contribution in [0.4, 0.5) is 0 Å². The molecule has 2 atom stereocenters. The highest BCUT2D eigenvalue weighted by molar-refractivity contribution is 5.34. The van der Waals surface area contributed by atoms with Crippen LogP contribution in [0, 0.1) is 11.3 Å². The van der Waals surface area contributed by atoms with Crippen LogP contribution in [0.25, 0.3) is 0 Å². The minimum absolute atomic E-state index is 0.287. The number of ether oxygens (including phenoxy) is 1. The zero-order valence-corrected chi connectivity index (χ0v) is 13.6. The van der Waals surface area contributed by atoms with Gasteiger partial charge in [-0.2, -0.15) is 0 Å². The van der Waals surface area contributed by atoms with E-state index in [1.165, 1.54) is 24.0 Å². The van der Waals surface area contributed by atoms with E-state index in [4.69, 9.17) is 4.74 Å². The fourth-order valence-electron chi connectivity index (χ4n) is 3.21. The molecule has 1 aromatic carbocycles. The van der Waals surface area contributed by atoms with Gasteiger partial charge in [0.05, 0.1) is 6.61 Å². The average Bonchev–Trinajstić information content (AvgIpc) is 2.40. The van der Waals surface area contributed by atoms with Gasteiger partial charge in [-0.1, -0.05) is 52.0 Å². The van der Waals surface area contributed by atoms with E-state index in [0.29, 0.717) is 18.0 Å². The van der Waals surface area contributed by atoms with Crippen molar-refractivity contribution >= 4 is 0 Å². The monoisotopic (exact) mass is 275 g/mol. The van der Waals surface area contributed by atoms with E-state index >= 15 is 0 Å². The van der Waals surface area contributed by atoms with Crippen molar-refractivity contribution in [2.24, 2.45) is 11.3 Å². The SMILES string of the molecule is COCC(NC1c2ccccc2CCC1(C)C)C(C)C. The molecular formula is C18H29NO. The van der Waals surface area contributed by atoms with Gasteiger partial charge < -0.3 is 10.1 Å². The van der Waals surface area contributed by atoms with Gasteiger partial charge in [-0.3, -0.25) is 0 Å². The second-order valence-corrected chi connectivity index (χ2v) is 7.09. The first-order valence-corrected chi connectivity index (χ1v) is 7.78. The van der Waals surface area contributed by atoms with Crippen molar-refractivity contribution < 1.29 is 4.74 Å². The second kappa shape index (κ2) is 6.28. The molecule has 2 rings (SSSR count). The van der Waals surface area contributed by atoms with Crippen LogP contribution in [0.3, 0.4) is 0 Å². The van der Waals surface area contributed by atoms with Crippen LogP contribution in [0.5, 0.6) is 0 Å². The molecule has 0 bridgehead atoms. The number of methoxy groups -OCH3 is 1. The van der Waals surface area contributed by atoms with Crippen molar-refractivity contribution in [2.75, 3.05) is 13.7 Å². The van der Waals surface area contributed by atoms with Gasteiger partial charge in [0, 0.05) is 19.2 Å². The van der Waals surface area contributed by atoms with E-state index < -0.39 is 0 Å². The molecule has 0 saturated carbocycles. The Labute approximate surface area is 123 Å². The summed E-state index contributed by atoms with van der Waals surface area (Å²) in [7, 11) is 1.79. The summed E-state index contributed by atoms with van der Waals surface area (Å²) in [6.07, 6.45) is 2.43. The number of nitrogens with one attached hydrogen (secondary N) is 1. The van der Waals surface area contributed by atoms with Crippen LogP contribution in [0.1, 0.15) is 51.3 Å². The van der Waals surface area contributed by atoms with Crippen LogP contribution < -0.4 is 5.32 Å². The van der Waals surface area contributed by atoms with Crippen LogP contribution in [-0.4, -0.2) is 19.8 Å². The first-order chi connectivity index (χ1) is 9.45. The Morgan fingerprint density at radius 1 is 1.30 bits per heavy atom. The van der Waals surface area contributed by atoms with E-state index in [-0.39, 0.29) is 5.41 Å². The molecule has 0 aromatic heterocycles. The minimum atomic E-state index is 0.287. The molecule has 1 aliphatic carbocycles. The number of hydrogen-bond donors (Lipinski definition) is 1. The predicted molar refractivity (Wildman–Crippen MR) is 84.9 cm³/mol. The standard InChI is InChI=1S/C18H29NO/c1-13(2)16(12-20-5)19-17-15-9-7-6-8-14(15)10-11-18(17,3)4/h6-9,13,16-17,19H,10-12H2,1-5H3. The van der Waals surface area contributed by atoms with Crippen molar-refractivity contribution in [1.82, 2.24) is 5.32 Å². The second-order valence-electron chi connectivity index (χ2n) is 7.09. The van der Waals surface area contributed by atoms with Gasteiger partial charge in [0.1, 0.15) is 0 Å². The average molecular weight is 275 g/mol. The van der Waals surface area contributed by atoms with Gasteiger partial charge in [0.25, 0.3) is 0 Å². The van der Waals surface area contributed by atoms with Crippen molar-refractivity contribution in [2.45, 2.75) is 52.6 Å². The molecule has 2 unspecified atom stereocenters. The topological polar surface area (TPSA) is 21.3 Å². The molecule has 2 nitrogen and oxygen atoms in total. The summed E-state index contributed by atoms with van der Waals surface area (Å²) >= 11 is 0. The van der Waals surface area contributed by atoms with Crippen molar-refractivity contribution in [3.05, 3.63) is 35.4 Å². The molecule has 0 radical (unpaired) electrons. The molecule has 2 heteroatoms. The van der Waals surface area contributed by atoms with Crippen molar-refractivity contribution in [1.29, 1.82) is 0 Å². The number of aryl methyl sites for hydroxylation is 1. The normalized spacial score (nSPS) is 22.6. The quantitative estimate of drug-likeness (QED) is 0.878. The Bertz CT molecular complexity index is 439. The number of benzene rings is 1. The van der Waals surface area contributed by atoms with E-state index in [1.54, 1.807) is 7.11 Å². The molecule has 20 heavy (non-hydrogen) atoms. The number of hydrogen-bond acceptors (Lipinski definition) is 2. The van der Waals surface area contributed by atoms with Gasteiger partial charge in [-0.05, 0) is 35.3 Å². The van der Waals surface area contributed by atoms with Crippen molar-refractivity contribution in [3.63, 3.8) is 0 Å². The molecule has 1 N–H and O–H groups in total. The molecule has 0 spiro atoms. The van der Waals surface area contributed by atoms with Gasteiger partial charge >= 0.3 is 0 Å². The van der Waals surface area contributed by atoms with Crippen molar-refractivity contribution in [3.8, 4) is 0 Å². The molecule has 0 fully saturated rings. The lowest BCUT2D eigenvalue weighted by molar-refractivity contribution is 0.112. The predicted octanol–water partition coefficient (Wildman–Crippen LogP) is 3.96. The highest BCUT2D eigenvalue weighted by atomic mass is 16.5. The number of fused-ring (bicyclic) bond motifs is 1. The summed E-state index contributed by atoms with van der Waals surface area (Å²) in [4.78, 5) is 0. The highest BCUT2D eigenvalue weighted by Crippen LogP contribution is 2.43. The van der Waals surface area contributed by atoms with Crippen LogP contribution in [-0.2, 0) is 11.2 Å². The van der Waals surface area contributed by atoms with Gasteiger partial charge in [0.15, 0.2) is 0 Å². The zero-order valence-electron chi connectivity index (χ0n) is 13.6. The van der Waals surface area contributed by atoms with Crippen LogP contribution >= 0.6 is 0 Å². The van der Waals surface area contributed by atoms with E-state index in [9.17, 15) is 0 Å². The summed E-state index contributed by atoms with van der Waals surface area (Å²) in [6.45, 7) is 10.1. The first-order valence-electron chi connectivity index (χ1n) is 7.78. The Morgan fingerprint density at radius 3 is 2.65 bits per heavy atom. The van der Waals surface area contributed by atoms with E-state index in [2.05, 4.69) is 57.3 Å². The Kier molecular flexibility index (Phi) is 4.87. The van der Waals surface area contributed by atoms with Gasteiger partial charge in [-0.25, -0.2) is 0 Å². The maximum absolute atomic E-state index is 5.40. The molecule has 112 valence electrons. The maximum Gasteiger partial charge on any atom is 0.0618 e. The molecule has 1 aliphatic rings.